The maximum atomic E-state index is 12.9. The first-order valence-corrected chi connectivity index (χ1v) is 8.76. The molecule has 0 amide bonds. The van der Waals surface area contributed by atoms with Crippen molar-refractivity contribution in [2.75, 3.05) is 0 Å². The normalized spacial score (nSPS) is 19.6. The quantitative estimate of drug-likeness (QED) is 0.592. The molecule has 0 radical (unpaired) electrons. The fraction of sp³-hybridized carbons (Fsp3) is 0.0417. The van der Waals surface area contributed by atoms with Gasteiger partial charge in [0.15, 0.2) is 11.5 Å². The van der Waals surface area contributed by atoms with Crippen LogP contribution in [0.3, 0.4) is 0 Å². The van der Waals surface area contributed by atoms with E-state index in [0.717, 1.165) is 16.7 Å². The van der Waals surface area contributed by atoms with Gasteiger partial charge < -0.3 is 9.47 Å². The first-order valence-electron chi connectivity index (χ1n) is 8.76. The molecule has 1 fully saturated rings. The van der Waals surface area contributed by atoms with Crippen LogP contribution in [0.4, 0.5) is 0 Å². The van der Waals surface area contributed by atoms with Crippen LogP contribution in [-0.2, 0) is 14.3 Å². The van der Waals surface area contributed by atoms with Gasteiger partial charge in [0.05, 0.1) is 0 Å². The zero-order valence-electron chi connectivity index (χ0n) is 14.6. The van der Waals surface area contributed by atoms with Gasteiger partial charge in [0.2, 0.25) is 0 Å². The van der Waals surface area contributed by atoms with Crippen LogP contribution in [0.1, 0.15) is 23.0 Å². The molecular weight excluding hydrogens is 336 g/mol. The molecular formula is C24H18O3. The van der Waals surface area contributed by atoms with Crippen molar-refractivity contribution in [2.45, 2.75) is 6.29 Å². The molecule has 3 heteroatoms. The largest absolute Gasteiger partial charge is 0.446 e. The van der Waals surface area contributed by atoms with Crippen LogP contribution in [0.15, 0.2) is 103 Å². The molecule has 0 bridgehead atoms. The lowest BCUT2D eigenvalue weighted by Gasteiger charge is -2.28. The van der Waals surface area contributed by atoms with E-state index in [9.17, 15) is 4.79 Å². The van der Waals surface area contributed by atoms with E-state index < -0.39 is 6.29 Å². The lowest BCUT2D eigenvalue weighted by Crippen LogP contribution is -2.23. The van der Waals surface area contributed by atoms with Crippen molar-refractivity contribution in [3.63, 3.8) is 0 Å². The van der Waals surface area contributed by atoms with Gasteiger partial charge in [-0.3, -0.25) is 4.79 Å². The van der Waals surface area contributed by atoms with Gasteiger partial charge in [-0.1, -0.05) is 91.0 Å². The van der Waals surface area contributed by atoms with E-state index in [1.807, 2.05) is 91.0 Å². The first kappa shape index (κ1) is 16.9. The average molecular weight is 354 g/mol. The highest BCUT2D eigenvalue weighted by molar-refractivity contribution is 6.11. The number of hydrogen-bond acceptors (Lipinski definition) is 3. The standard InChI is InChI=1S/C24H18O3/c25-23-21(16-18-10-4-1-5-11-18)26-24(20-14-8-3-9-15-20)27-22(23)17-19-12-6-2-7-13-19/h1-17,24H/b21-16+,22-17+. The number of Topliss-reactive ketones (excluding diaryl/α,β-unsaturated/α-hetero) is 1. The zero-order chi connectivity index (χ0) is 18.5. The molecule has 0 spiro atoms. The Morgan fingerprint density at radius 1 is 0.593 bits per heavy atom. The summed E-state index contributed by atoms with van der Waals surface area (Å²) in [7, 11) is 0. The van der Waals surface area contributed by atoms with Crippen molar-refractivity contribution in [3.8, 4) is 0 Å². The minimum atomic E-state index is -0.672. The lowest BCUT2D eigenvalue weighted by atomic mass is 10.1. The van der Waals surface area contributed by atoms with E-state index in [4.69, 9.17) is 9.47 Å². The van der Waals surface area contributed by atoms with Crippen LogP contribution < -0.4 is 0 Å². The molecule has 1 aliphatic rings. The Balaban J connectivity index is 1.74. The number of ether oxygens (including phenoxy) is 2. The Hall–Kier alpha value is -3.59. The van der Waals surface area contributed by atoms with Crippen LogP contribution in [0.2, 0.25) is 0 Å². The second-order valence-corrected chi connectivity index (χ2v) is 6.15. The summed E-state index contributed by atoms with van der Waals surface area (Å²) in [6.45, 7) is 0. The summed E-state index contributed by atoms with van der Waals surface area (Å²) < 4.78 is 11.8. The van der Waals surface area contributed by atoms with E-state index in [2.05, 4.69) is 0 Å². The molecule has 0 aliphatic carbocycles. The zero-order valence-corrected chi connectivity index (χ0v) is 14.6. The maximum Gasteiger partial charge on any atom is 0.267 e. The third-order valence-electron chi connectivity index (χ3n) is 4.18. The Kier molecular flexibility index (Phi) is 4.84. The van der Waals surface area contributed by atoms with Gasteiger partial charge in [0.25, 0.3) is 12.1 Å². The minimum absolute atomic E-state index is 0.267. The Morgan fingerprint density at radius 3 is 1.44 bits per heavy atom. The van der Waals surface area contributed by atoms with E-state index in [0.29, 0.717) is 0 Å². The van der Waals surface area contributed by atoms with Crippen molar-refractivity contribution < 1.29 is 14.3 Å². The van der Waals surface area contributed by atoms with Gasteiger partial charge in [-0.25, -0.2) is 0 Å². The summed E-state index contributed by atoms with van der Waals surface area (Å²) in [5.74, 6) is 0.266. The van der Waals surface area contributed by atoms with Gasteiger partial charge in [-0.05, 0) is 23.3 Å². The SMILES string of the molecule is O=C1/C(=C\c2ccccc2)OC(c2ccccc2)O/C1=C/c1ccccc1. The highest BCUT2D eigenvalue weighted by atomic mass is 16.7. The van der Waals surface area contributed by atoms with Crippen molar-refractivity contribution in [1.29, 1.82) is 0 Å². The molecule has 1 aliphatic heterocycles. The molecule has 3 aromatic carbocycles. The molecule has 0 aromatic heterocycles. The molecule has 132 valence electrons. The minimum Gasteiger partial charge on any atom is -0.446 e. The van der Waals surface area contributed by atoms with Crippen LogP contribution in [0, 0.1) is 0 Å². The summed E-state index contributed by atoms with van der Waals surface area (Å²) in [6.07, 6.45) is 2.83. The third kappa shape index (κ3) is 3.98. The maximum absolute atomic E-state index is 12.9. The second kappa shape index (κ2) is 7.75. The third-order valence-corrected chi connectivity index (χ3v) is 4.18. The number of hydrogen-bond donors (Lipinski definition) is 0. The molecule has 3 aromatic rings. The van der Waals surface area contributed by atoms with Crippen LogP contribution in [-0.4, -0.2) is 5.78 Å². The van der Waals surface area contributed by atoms with E-state index >= 15 is 0 Å². The summed E-state index contributed by atoms with van der Waals surface area (Å²) >= 11 is 0. The molecule has 0 saturated carbocycles. The highest BCUT2D eigenvalue weighted by Gasteiger charge is 2.31. The van der Waals surface area contributed by atoms with Gasteiger partial charge in [0.1, 0.15) is 0 Å². The number of benzene rings is 3. The van der Waals surface area contributed by atoms with E-state index in [1.54, 1.807) is 12.2 Å². The number of carbonyl (C=O) groups excluding carboxylic acids is 1. The van der Waals surface area contributed by atoms with Gasteiger partial charge >= 0.3 is 0 Å². The Bertz CT molecular complexity index is 912. The topological polar surface area (TPSA) is 35.5 Å². The predicted octanol–water partition coefficient (Wildman–Crippen LogP) is 5.38. The smallest absolute Gasteiger partial charge is 0.267 e. The summed E-state index contributed by atoms with van der Waals surface area (Å²) in [5, 5.41) is 0. The van der Waals surface area contributed by atoms with Gasteiger partial charge in [0, 0.05) is 5.56 Å². The summed E-state index contributed by atoms with van der Waals surface area (Å²) in [6, 6.07) is 28.9. The van der Waals surface area contributed by atoms with Crippen LogP contribution in [0.5, 0.6) is 0 Å². The predicted molar refractivity (Wildman–Crippen MR) is 105 cm³/mol. The second-order valence-electron chi connectivity index (χ2n) is 6.15. The monoisotopic (exact) mass is 354 g/mol. The average Bonchev–Trinajstić information content (AvgIpc) is 2.73. The molecule has 27 heavy (non-hydrogen) atoms. The fourth-order valence-corrected chi connectivity index (χ4v) is 2.83. The van der Waals surface area contributed by atoms with Crippen molar-refractivity contribution >= 4 is 17.9 Å². The molecule has 0 unspecified atom stereocenters. The highest BCUT2D eigenvalue weighted by Crippen LogP contribution is 2.33. The molecule has 0 N–H and O–H groups in total. The van der Waals surface area contributed by atoms with Gasteiger partial charge in [-0.15, -0.1) is 0 Å². The summed E-state index contributed by atoms with van der Waals surface area (Å²) in [5.41, 5.74) is 2.64. The fourth-order valence-electron chi connectivity index (χ4n) is 2.83. The lowest BCUT2D eigenvalue weighted by molar-refractivity contribution is -0.149. The Labute approximate surface area is 158 Å². The van der Waals surface area contributed by atoms with Crippen molar-refractivity contribution in [2.24, 2.45) is 0 Å². The molecule has 1 heterocycles. The van der Waals surface area contributed by atoms with Crippen molar-refractivity contribution in [1.82, 2.24) is 0 Å². The van der Waals surface area contributed by atoms with Gasteiger partial charge in [-0.2, -0.15) is 0 Å². The first-order chi connectivity index (χ1) is 13.3. The van der Waals surface area contributed by atoms with E-state index in [-0.39, 0.29) is 17.3 Å². The molecule has 1 saturated heterocycles. The number of carbonyl (C=O) groups is 1. The molecule has 3 nitrogen and oxygen atoms in total. The number of rotatable bonds is 3. The van der Waals surface area contributed by atoms with E-state index in [1.165, 1.54) is 0 Å². The Morgan fingerprint density at radius 2 is 1.00 bits per heavy atom. The summed E-state index contributed by atoms with van der Waals surface area (Å²) in [4.78, 5) is 12.9. The van der Waals surface area contributed by atoms with Crippen LogP contribution in [0.25, 0.3) is 12.2 Å². The molecule has 0 atom stereocenters. The number of ketones is 1. The van der Waals surface area contributed by atoms with Crippen LogP contribution >= 0.6 is 0 Å². The molecule has 4 rings (SSSR count). The van der Waals surface area contributed by atoms with Crippen molar-refractivity contribution in [3.05, 3.63) is 119 Å².